The SMILES string of the molecule is CCCOc1ccc(OCC(=O)N2CCC(C(=O)N3CCCCC3)CC2)cc1. The van der Waals surface area contributed by atoms with E-state index in [1.54, 1.807) is 0 Å². The molecule has 154 valence electrons. The van der Waals surface area contributed by atoms with Gasteiger partial charge in [0.25, 0.3) is 5.91 Å². The van der Waals surface area contributed by atoms with E-state index < -0.39 is 0 Å². The molecule has 28 heavy (non-hydrogen) atoms. The Labute approximate surface area is 167 Å². The highest BCUT2D eigenvalue weighted by molar-refractivity contribution is 5.80. The molecule has 3 rings (SSSR count). The average molecular weight is 389 g/mol. The van der Waals surface area contributed by atoms with E-state index in [-0.39, 0.29) is 24.3 Å². The molecule has 0 atom stereocenters. The largest absolute Gasteiger partial charge is 0.494 e. The van der Waals surface area contributed by atoms with E-state index in [0.29, 0.717) is 25.4 Å². The average Bonchev–Trinajstić information content (AvgIpc) is 2.77. The molecule has 6 nitrogen and oxygen atoms in total. The highest BCUT2D eigenvalue weighted by Gasteiger charge is 2.30. The van der Waals surface area contributed by atoms with Gasteiger partial charge in [0.05, 0.1) is 6.61 Å². The van der Waals surface area contributed by atoms with Crippen LogP contribution in [-0.2, 0) is 9.59 Å². The van der Waals surface area contributed by atoms with Crippen LogP contribution in [0, 0.1) is 5.92 Å². The van der Waals surface area contributed by atoms with E-state index in [2.05, 4.69) is 6.92 Å². The van der Waals surface area contributed by atoms with Gasteiger partial charge in [0.2, 0.25) is 5.91 Å². The first-order valence-electron chi connectivity index (χ1n) is 10.6. The topological polar surface area (TPSA) is 59.1 Å². The summed E-state index contributed by atoms with van der Waals surface area (Å²) in [5, 5.41) is 0. The van der Waals surface area contributed by atoms with E-state index >= 15 is 0 Å². The van der Waals surface area contributed by atoms with Crippen molar-refractivity contribution >= 4 is 11.8 Å². The monoisotopic (exact) mass is 388 g/mol. The van der Waals surface area contributed by atoms with Gasteiger partial charge in [0.1, 0.15) is 11.5 Å². The molecule has 0 radical (unpaired) electrons. The van der Waals surface area contributed by atoms with Gasteiger partial charge in [-0.05, 0) is 62.8 Å². The van der Waals surface area contributed by atoms with Crippen molar-refractivity contribution in [2.24, 2.45) is 5.92 Å². The summed E-state index contributed by atoms with van der Waals surface area (Å²) in [6.07, 6.45) is 5.94. The standard InChI is InChI=1S/C22H32N2O4/c1-2-16-27-19-6-8-20(9-7-19)28-17-21(25)23-14-10-18(11-15-23)22(26)24-12-4-3-5-13-24/h6-9,18H,2-5,10-17H2,1H3. The number of piperidine rings is 2. The molecular weight excluding hydrogens is 356 g/mol. The molecule has 0 N–H and O–H groups in total. The first-order valence-corrected chi connectivity index (χ1v) is 10.6. The van der Waals surface area contributed by atoms with Gasteiger partial charge >= 0.3 is 0 Å². The normalized spacial score (nSPS) is 18.0. The number of hydrogen-bond acceptors (Lipinski definition) is 4. The van der Waals surface area contributed by atoms with Crippen molar-refractivity contribution in [3.05, 3.63) is 24.3 Å². The Hall–Kier alpha value is -2.24. The minimum Gasteiger partial charge on any atom is -0.494 e. The highest BCUT2D eigenvalue weighted by atomic mass is 16.5. The van der Waals surface area contributed by atoms with Gasteiger partial charge in [0, 0.05) is 32.1 Å². The highest BCUT2D eigenvalue weighted by Crippen LogP contribution is 2.22. The zero-order valence-electron chi connectivity index (χ0n) is 16.9. The molecule has 2 amide bonds. The van der Waals surface area contributed by atoms with E-state index in [9.17, 15) is 9.59 Å². The third kappa shape index (κ3) is 5.63. The lowest BCUT2D eigenvalue weighted by molar-refractivity contribution is -0.142. The van der Waals surface area contributed by atoms with Crippen LogP contribution in [0.25, 0.3) is 0 Å². The zero-order chi connectivity index (χ0) is 19.8. The van der Waals surface area contributed by atoms with Gasteiger partial charge in [-0.1, -0.05) is 6.92 Å². The van der Waals surface area contributed by atoms with Gasteiger partial charge in [-0.3, -0.25) is 9.59 Å². The predicted molar refractivity (Wildman–Crippen MR) is 107 cm³/mol. The third-order valence-corrected chi connectivity index (χ3v) is 5.52. The quantitative estimate of drug-likeness (QED) is 0.720. The Morgan fingerprint density at radius 3 is 2.11 bits per heavy atom. The molecular formula is C22H32N2O4. The Bertz CT molecular complexity index is 632. The number of carbonyl (C=O) groups is 2. The lowest BCUT2D eigenvalue weighted by atomic mass is 9.94. The second kappa shape index (κ2) is 10.3. The number of ether oxygens (including phenoxy) is 2. The molecule has 0 unspecified atom stereocenters. The van der Waals surface area contributed by atoms with Crippen LogP contribution in [-0.4, -0.2) is 61.0 Å². The van der Waals surface area contributed by atoms with Crippen LogP contribution in [0.4, 0.5) is 0 Å². The van der Waals surface area contributed by atoms with E-state index in [1.165, 1.54) is 6.42 Å². The van der Waals surface area contributed by atoms with Crippen molar-refractivity contribution in [3.63, 3.8) is 0 Å². The Kier molecular flexibility index (Phi) is 7.57. The minimum absolute atomic E-state index is 0.0184. The van der Waals surface area contributed by atoms with Crippen molar-refractivity contribution in [2.75, 3.05) is 39.4 Å². The molecule has 0 aromatic heterocycles. The van der Waals surface area contributed by atoms with Crippen LogP contribution < -0.4 is 9.47 Å². The molecule has 2 fully saturated rings. The van der Waals surface area contributed by atoms with E-state index in [0.717, 1.165) is 50.9 Å². The Morgan fingerprint density at radius 2 is 1.50 bits per heavy atom. The molecule has 0 aliphatic carbocycles. The minimum atomic E-state index is -0.0184. The molecule has 0 spiro atoms. The zero-order valence-corrected chi connectivity index (χ0v) is 16.9. The molecule has 2 saturated heterocycles. The van der Waals surface area contributed by atoms with Crippen LogP contribution in [0.15, 0.2) is 24.3 Å². The smallest absolute Gasteiger partial charge is 0.260 e. The maximum absolute atomic E-state index is 12.6. The van der Waals surface area contributed by atoms with Crippen molar-refractivity contribution < 1.29 is 19.1 Å². The fraction of sp³-hybridized carbons (Fsp3) is 0.636. The first-order chi connectivity index (χ1) is 13.7. The lowest BCUT2D eigenvalue weighted by Crippen LogP contribution is -2.46. The Morgan fingerprint density at radius 1 is 0.893 bits per heavy atom. The number of likely N-dealkylation sites (tertiary alicyclic amines) is 2. The number of rotatable bonds is 7. The number of hydrogen-bond donors (Lipinski definition) is 0. The van der Waals surface area contributed by atoms with Crippen molar-refractivity contribution in [1.82, 2.24) is 9.80 Å². The van der Waals surface area contributed by atoms with E-state index in [1.807, 2.05) is 34.1 Å². The summed E-state index contributed by atoms with van der Waals surface area (Å²) in [5.41, 5.74) is 0. The van der Waals surface area contributed by atoms with Crippen LogP contribution in [0.1, 0.15) is 45.4 Å². The first kappa shape index (κ1) is 20.5. The van der Waals surface area contributed by atoms with Crippen molar-refractivity contribution in [1.29, 1.82) is 0 Å². The fourth-order valence-electron chi connectivity index (χ4n) is 3.84. The van der Waals surface area contributed by atoms with Gasteiger partial charge in [-0.25, -0.2) is 0 Å². The predicted octanol–water partition coefficient (Wildman–Crippen LogP) is 3.11. The van der Waals surface area contributed by atoms with E-state index in [4.69, 9.17) is 9.47 Å². The number of carbonyl (C=O) groups excluding carboxylic acids is 2. The van der Waals surface area contributed by atoms with Gasteiger partial charge in [-0.15, -0.1) is 0 Å². The molecule has 0 saturated carbocycles. The summed E-state index contributed by atoms with van der Waals surface area (Å²) in [7, 11) is 0. The van der Waals surface area contributed by atoms with Crippen LogP contribution in [0.5, 0.6) is 11.5 Å². The lowest BCUT2D eigenvalue weighted by Gasteiger charge is -2.35. The van der Waals surface area contributed by atoms with Gasteiger partial charge in [-0.2, -0.15) is 0 Å². The summed E-state index contributed by atoms with van der Waals surface area (Å²) < 4.78 is 11.2. The second-order valence-corrected chi connectivity index (χ2v) is 7.65. The summed E-state index contributed by atoms with van der Waals surface area (Å²) in [6, 6.07) is 7.35. The van der Waals surface area contributed by atoms with Gasteiger partial charge < -0.3 is 19.3 Å². The van der Waals surface area contributed by atoms with Crippen LogP contribution in [0.3, 0.4) is 0 Å². The fourth-order valence-corrected chi connectivity index (χ4v) is 3.84. The molecule has 0 bridgehead atoms. The summed E-state index contributed by atoms with van der Waals surface area (Å²) >= 11 is 0. The number of amides is 2. The molecule has 2 aliphatic heterocycles. The molecule has 6 heteroatoms. The summed E-state index contributed by atoms with van der Waals surface area (Å²) in [5.74, 6) is 1.80. The molecule has 2 heterocycles. The van der Waals surface area contributed by atoms with Gasteiger partial charge in [0.15, 0.2) is 6.61 Å². The third-order valence-electron chi connectivity index (χ3n) is 5.52. The van der Waals surface area contributed by atoms with Crippen molar-refractivity contribution in [2.45, 2.75) is 45.4 Å². The second-order valence-electron chi connectivity index (χ2n) is 7.65. The summed E-state index contributed by atoms with van der Waals surface area (Å²) in [6.45, 7) is 5.85. The van der Waals surface area contributed by atoms with Crippen LogP contribution in [0.2, 0.25) is 0 Å². The summed E-state index contributed by atoms with van der Waals surface area (Å²) in [4.78, 5) is 28.9. The maximum Gasteiger partial charge on any atom is 0.260 e. The van der Waals surface area contributed by atoms with Crippen molar-refractivity contribution in [3.8, 4) is 11.5 Å². The number of nitrogens with zero attached hydrogens (tertiary/aromatic N) is 2. The Balaban J connectivity index is 1.39. The molecule has 2 aliphatic rings. The maximum atomic E-state index is 12.6. The van der Waals surface area contributed by atoms with Crippen LogP contribution >= 0.6 is 0 Å². The molecule has 1 aromatic rings. The molecule has 1 aromatic carbocycles. The number of benzene rings is 1.